The van der Waals surface area contributed by atoms with E-state index in [0.29, 0.717) is 43.5 Å². The van der Waals surface area contributed by atoms with Crippen molar-refractivity contribution < 1.29 is 4.79 Å². The summed E-state index contributed by atoms with van der Waals surface area (Å²) in [6, 6.07) is 5.39. The number of carbonyl (C=O) groups excluding carboxylic acids is 1. The van der Waals surface area contributed by atoms with Crippen molar-refractivity contribution in [3.63, 3.8) is 0 Å². The maximum Gasteiger partial charge on any atom is 0.250 e. The second-order valence-electron chi connectivity index (χ2n) is 7.34. The summed E-state index contributed by atoms with van der Waals surface area (Å²) in [7, 11) is 0. The van der Waals surface area contributed by atoms with Crippen LogP contribution in [0, 0.1) is 5.92 Å². The number of nitrogens with zero attached hydrogens (tertiary/aromatic N) is 2. The number of pyridine rings is 1. The van der Waals surface area contributed by atoms with E-state index in [0.717, 1.165) is 12.1 Å². The summed E-state index contributed by atoms with van der Waals surface area (Å²) in [6.45, 7) is 3.95. The van der Waals surface area contributed by atoms with Crippen molar-refractivity contribution in [1.29, 1.82) is 0 Å². The summed E-state index contributed by atoms with van der Waals surface area (Å²) in [5.41, 5.74) is 1.07. The minimum Gasteiger partial charge on any atom is -0.348 e. The molecule has 1 aromatic rings. The Hall–Kier alpha value is -1.02. The summed E-state index contributed by atoms with van der Waals surface area (Å²) >= 11 is 23.7. The van der Waals surface area contributed by atoms with Crippen LogP contribution in [0.2, 0.25) is 0 Å². The molecule has 0 aromatic carbocycles. The molecule has 3 atom stereocenters. The Kier molecular flexibility index (Phi) is 6.80. The molecule has 3 rings (SSSR count). The van der Waals surface area contributed by atoms with Gasteiger partial charge in [0.05, 0.1) is 0 Å². The lowest BCUT2D eigenvalue weighted by Crippen LogP contribution is -2.60. The van der Waals surface area contributed by atoms with Gasteiger partial charge in [0.15, 0.2) is 5.11 Å². The third-order valence-corrected chi connectivity index (χ3v) is 6.18. The summed E-state index contributed by atoms with van der Waals surface area (Å²) < 4.78 is 0.112. The van der Waals surface area contributed by atoms with Crippen molar-refractivity contribution in [2.75, 3.05) is 13.1 Å². The van der Waals surface area contributed by atoms with Crippen LogP contribution in [0.3, 0.4) is 0 Å². The van der Waals surface area contributed by atoms with Crippen molar-refractivity contribution in [2.45, 2.75) is 48.6 Å². The van der Waals surface area contributed by atoms with Gasteiger partial charge in [-0.15, -0.1) is 0 Å². The molecular weight excluding hydrogens is 443 g/mol. The molecule has 0 aliphatic carbocycles. The lowest BCUT2D eigenvalue weighted by Gasteiger charge is -2.44. The van der Waals surface area contributed by atoms with Gasteiger partial charge in [-0.3, -0.25) is 9.59 Å². The van der Waals surface area contributed by atoms with Crippen LogP contribution in [-0.2, 0) is 11.3 Å². The molecule has 2 aliphatic heterocycles. The predicted octanol–water partition coefficient (Wildman–Crippen LogP) is 2.75. The molecule has 3 heterocycles. The second-order valence-corrected chi connectivity index (χ2v) is 10.1. The van der Waals surface area contributed by atoms with Gasteiger partial charge in [-0.1, -0.05) is 47.8 Å². The van der Waals surface area contributed by atoms with Gasteiger partial charge < -0.3 is 20.1 Å². The summed E-state index contributed by atoms with van der Waals surface area (Å²) in [6.07, 6.45) is 1.12. The van der Waals surface area contributed by atoms with Crippen molar-refractivity contribution in [1.82, 2.24) is 20.1 Å². The maximum absolute atomic E-state index is 12.1. The van der Waals surface area contributed by atoms with Crippen molar-refractivity contribution in [3.05, 3.63) is 34.2 Å². The Morgan fingerprint density at radius 1 is 1.29 bits per heavy atom. The number of fused-ring (bicyclic) bond motifs is 4. The lowest BCUT2D eigenvalue weighted by atomic mass is 9.83. The van der Waals surface area contributed by atoms with E-state index in [1.165, 1.54) is 0 Å². The van der Waals surface area contributed by atoms with E-state index in [-0.39, 0.29) is 17.4 Å². The number of thiocarbonyl (C=S) groups is 1. The first-order chi connectivity index (χ1) is 13.2. The zero-order valence-electron chi connectivity index (χ0n) is 15.5. The van der Waals surface area contributed by atoms with Crippen molar-refractivity contribution >= 4 is 58.0 Å². The van der Waals surface area contributed by atoms with E-state index in [4.69, 9.17) is 47.0 Å². The normalized spacial score (nSPS) is 22.2. The highest BCUT2D eigenvalue weighted by Crippen LogP contribution is 2.35. The summed E-state index contributed by atoms with van der Waals surface area (Å²) in [5.74, 6) is 0.312. The molecule has 2 bridgehead atoms. The molecule has 1 fully saturated rings. The van der Waals surface area contributed by atoms with Crippen molar-refractivity contribution in [2.24, 2.45) is 5.92 Å². The number of likely N-dealkylation sites (tertiary alicyclic amines) is 1. The number of hydrogen-bond donors (Lipinski definition) is 2. The van der Waals surface area contributed by atoms with E-state index in [1.54, 1.807) is 12.1 Å². The van der Waals surface area contributed by atoms with E-state index in [2.05, 4.69) is 10.6 Å². The summed E-state index contributed by atoms with van der Waals surface area (Å²) in [5, 5.41) is 6.12. The zero-order valence-corrected chi connectivity index (χ0v) is 18.5. The quantitative estimate of drug-likeness (QED) is 0.407. The fourth-order valence-electron chi connectivity index (χ4n) is 3.94. The van der Waals surface area contributed by atoms with Gasteiger partial charge in [0.1, 0.15) is 6.17 Å². The molecule has 10 heteroatoms. The molecule has 2 N–H and O–H groups in total. The molecule has 1 aromatic heterocycles. The number of carbonyl (C=O) groups is 1. The average Bonchev–Trinajstić information content (AvgIpc) is 2.61. The van der Waals surface area contributed by atoms with Crippen LogP contribution in [0.25, 0.3) is 0 Å². The molecule has 0 spiro atoms. The number of hydrogen-bond acceptors (Lipinski definition) is 3. The van der Waals surface area contributed by atoms with Gasteiger partial charge in [-0.2, -0.15) is 0 Å². The highest BCUT2D eigenvalue weighted by molar-refractivity contribution is 7.80. The first-order valence-corrected chi connectivity index (χ1v) is 10.8. The number of piperidine rings is 1. The van der Waals surface area contributed by atoms with Gasteiger partial charge in [0.25, 0.3) is 5.56 Å². The number of alkyl halides is 3. The Morgan fingerprint density at radius 3 is 2.71 bits per heavy atom. The van der Waals surface area contributed by atoms with Crippen LogP contribution in [0.1, 0.15) is 37.8 Å². The molecule has 0 saturated carbocycles. The van der Waals surface area contributed by atoms with Crippen LogP contribution in [0.4, 0.5) is 0 Å². The van der Waals surface area contributed by atoms with E-state index < -0.39 is 9.96 Å². The topological polar surface area (TPSA) is 66.4 Å². The molecule has 28 heavy (non-hydrogen) atoms. The van der Waals surface area contributed by atoms with Crippen LogP contribution in [0.5, 0.6) is 0 Å². The van der Waals surface area contributed by atoms with Gasteiger partial charge in [-0.25, -0.2) is 0 Å². The SMILES string of the molecule is CCCC(=O)N[C@@H](NC(=S)N1C[C@H]2C[C@H](C1)c1cccc(=O)n1C2)C(Cl)(Cl)Cl. The molecule has 1 saturated heterocycles. The first kappa shape index (κ1) is 21.7. The van der Waals surface area contributed by atoms with Gasteiger partial charge in [0.2, 0.25) is 9.70 Å². The molecule has 2 aliphatic rings. The van der Waals surface area contributed by atoms with E-state index >= 15 is 0 Å². The lowest BCUT2D eigenvalue weighted by molar-refractivity contribution is -0.121. The number of amides is 1. The molecule has 154 valence electrons. The second kappa shape index (κ2) is 8.78. The van der Waals surface area contributed by atoms with Gasteiger partial charge >= 0.3 is 0 Å². The molecule has 1 amide bonds. The van der Waals surface area contributed by atoms with Crippen LogP contribution in [0.15, 0.2) is 23.0 Å². The largest absolute Gasteiger partial charge is 0.348 e. The number of rotatable bonds is 4. The monoisotopic (exact) mass is 464 g/mol. The Bertz CT molecular complexity index is 811. The fourth-order valence-corrected chi connectivity index (χ4v) is 4.53. The summed E-state index contributed by atoms with van der Waals surface area (Å²) in [4.78, 5) is 26.2. The zero-order chi connectivity index (χ0) is 20.5. The van der Waals surface area contributed by atoms with Crippen LogP contribution < -0.4 is 16.2 Å². The highest BCUT2D eigenvalue weighted by Gasteiger charge is 2.38. The Labute approximate surface area is 184 Å². The standard InChI is InChI=1S/C18H23Cl3N4O2S/c1-2-4-14(26)22-16(18(19,20)21)23-17(28)24-8-11-7-12(10-24)13-5-3-6-15(27)25(13)9-11/h3,5-6,11-12,16H,2,4,7-10H2,1H3,(H,22,26)(H,23,28)/t11-,12-,16+/m1/s1. The number of halogens is 3. The molecule has 6 nitrogen and oxygen atoms in total. The van der Waals surface area contributed by atoms with Crippen LogP contribution >= 0.6 is 47.0 Å². The smallest absolute Gasteiger partial charge is 0.250 e. The minimum atomic E-state index is -1.75. The minimum absolute atomic E-state index is 0.0382. The van der Waals surface area contributed by atoms with E-state index in [9.17, 15) is 9.59 Å². The highest BCUT2D eigenvalue weighted by atomic mass is 35.6. The van der Waals surface area contributed by atoms with Crippen LogP contribution in [-0.4, -0.2) is 43.5 Å². The van der Waals surface area contributed by atoms with Gasteiger partial charge in [-0.05, 0) is 37.0 Å². The third kappa shape index (κ3) is 4.93. The Balaban J connectivity index is 1.71. The van der Waals surface area contributed by atoms with Gasteiger partial charge in [0, 0.05) is 43.7 Å². The predicted molar refractivity (Wildman–Crippen MR) is 116 cm³/mol. The number of nitrogens with one attached hydrogen (secondary N) is 2. The van der Waals surface area contributed by atoms with Crippen molar-refractivity contribution in [3.8, 4) is 0 Å². The first-order valence-electron chi connectivity index (χ1n) is 9.30. The molecule has 0 radical (unpaired) electrons. The average molecular weight is 466 g/mol. The third-order valence-electron chi connectivity index (χ3n) is 5.14. The molecule has 0 unspecified atom stereocenters. The number of aromatic nitrogens is 1. The Morgan fingerprint density at radius 2 is 2.04 bits per heavy atom. The van der Waals surface area contributed by atoms with E-state index in [1.807, 2.05) is 22.5 Å². The fraction of sp³-hybridized carbons (Fsp3) is 0.611. The molecular formula is C18H23Cl3N4O2S. The maximum atomic E-state index is 12.1.